The van der Waals surface area contributed by atoms with Gasteiger partial charge in [-0.2, -0.15) is 0 Å². The summed E-state index contributed by atoms with van der Waals surface area (Å²) >= 11 is 0. The molecule has 4 bridgehead atoms. The molecule has 0 aromatic heterocycles. The molecule has 2 aliphatic heterocycles. The van der Waals surface area contributed by atoms with Crippen molar-refractivity contribution < 1.29 is 54.2 Å². The summed E-state index contributed by atoms with van der Waals surface area (Å²) in [5.41, 5.74) is -1.11. The zero-order chi connectivity index (χ0) is 37.1. The van der Waals surface area contributed by atoms with Crippen LogP contribution in [0.4, 0.5) is 0 Å². The van der Waals surface area contributed by atoms with Crippen molar-refractivity contribution in [1.82, 2.24) is 5.32 Å². The Bertz CT molecular complexity index is 1630. The monoisotopic (exact) mass is 681 g/mol. The number of aliphatic hydroxyl groups is 4. The molecule has 1 aromatic rings. The number of esters is 1. The average molecular weight is 682 g/mol. The highest BCUT2D eigenvalue weighted by atomic mass is 16.5. The van der Waals surface area contributed by atoms with Crippen molar-refractivity contribution in [1.29, 1.82) is 0 Å². The first-order valence-electron chi connectivity index (χ1n) is 16.2. The molecule has 0 fully saturated rings. The van der Waals surface area contributed by atoms with E-state index in [4.69, 9.17) is 4.74 Å². The van der Waals surface area contributed by atoms with Crippen molar-refractivity contribution in [3.05, 3.63) is 75.5 Å². The van der Waals surface area contributed by atoms with Crippen LogP contribution in [-0.4, -0.2) is 85.8 Å². The van der Waals surface area contributed by atoms with Crippen LogP contribution in [0.5, 0.6) is 5.75 Å². The zero-order valence-electron chi connectivity index (χ0n) is 29.1. The number of aryl methyl sites for hydroxylation is 1. The molecule has 0 radical (unpaired) electrons. The molecular weight excluding hydrogens is 634 g/mol. The Balaban J connectivity index is 2.21. The third-order valence-corrected chi connectivity index (χ3v) is 9.60. The SMILES string of the molecule is CC(=O)O[C@@H]1[C@H](C)[C@H](O)[C@@H](C)C=CC=C(C)C(=O)NC2=CC(=O)c3c(cc(C)c(O)c3C(=O)C(C)=C[C@H](CO)[C@H](O)[C@H](C)[C@H](O)[C@@H]1C)C2=O. The van der Waals surface area contributed by atoms with E-state index < -0.39 is 101 Å². The normalized spacial score (nSPS) is 30.7. The summed E-state index contributed by atoms with van der Waals surface area (Å²) in [6.45, 7) is 11.3. The van der Waals surface area contributed by atoms with Crippen LogP contribution in [0.3, 0.4) is 0 Å². The number of amides is 1. The van der Waals surface area contributed by atoms with Crippen LogP contribution in [0.15, 0.2) is 53.3 Å². The smallest absolute Gasteiger partial charge is 0.302 e. The number of nitrogens with one attached hydrogen (secondary N) is 1. The van der Waals surface area contributed by atoms with Crippen molar-refractivity contribution in [3.63, 3.8) is 0 Å². The highest BCUT2D eigenvalue weighted by molar-refractivity contribution is 6.30. The lowest BCUT2D eigenvalue weighted by atomic mass is 9.76. The van der Waals surface area contributed by atoms with E-state index in [9.17, 15) is 49.5 Å². The molecule has 12 heteroatoms. The topological polar surface area (TPSA) is 208 Å². The van der Waals surface area contributed by atoms with Crippen molar-refractivity contribution in [3.8, 4) is 5.75 Å². The Hall–Kier alpha value is -4.23. The molecule has 0 spiro atoms. The van der Waals surface area contributed by atoms with Crippen molar-refractivity contribution in [2.75, 3.05) is 6.61 Å². The highest BCUT2D eigenvalue weighted by Crippen LogP contribution is 2.36. The second-order valence-corrected chi connectivity index (χ2v) is 13.3. The number of allylic oxidation sites excluding steroid dienone is 5. The molecule has 2 heterocycles. The Morgan fingerprint density at radius 1 is 0.857 bits per heavy atom. The van der Waals surface area contributed by atoms with E-state index in [-0.39, 0.29) is 33.5 Å². The molecule has 3 aliphatic rings. The molecular formula is C37H47NO11. The van der Waals surface area contributed by atoms with E-state index in [1.54, 1.807) is 26.8 Å². The molecule has 6 N–H and O–H groups in total. The number of ether oxygens (including phenoxy) is 1. The number of benzene rings is 1. The minimum absolute atomic E-state index is 0.0746. The maximum absolute atomic E-state index is 13.8. The number of phenolic OH excluding ortho intramolecular Hbond substituents is 1. The Morgan fingerprint density at radius 2 is 1.47 bits per heavy atom. The average Bonchev–Trinajstić information content (AvgIpc) is 3.05. The first kappa shape index (κ1) is 39.2. The number of rotatable bonds is 2. The van der Waals surface area contributed by atoms with Gasteiger partial charge in [0.1, 0.15) is 11.9 Å². The minimum Gasteiger partial charge on any atom is -0.507 e. The minimum atomic E-state index is -1.43. The number of carbonyl (C=O) groups excluding carboxylic acids is 5. The van der Waals surface area contributed by atoms with Gasteiger partial charge in [0.15, 0.2) is 11.6 Å². The number of phenols is 1. The molecule has 0 saturated heterocycles. The van der Waals surface area contributed by atoms with Gasteiger partial charge in [0.05, 0.1) is 36.2 Å². The summed E-state index contributed by atoms with van der Waals surface area (Å²) in [5, 5.41) is 57.6. The predicted octanol–water partition coefficient (Wildman–Crippen LogP) is 2.89. The van der Waals surface area contributed by atoms with Crippen LogP contribution in [0.2, 0.25) is 0 Å². The summed E-state index contributed by atoms with van der Waals surface area (Å²) < 4.78 is 5.58. The highest BCUT2D eigenvalue weighted by Gasteiger charge is 2.41. The lowest BCUT2D eigenvalue weighted by Crippen LogP contribution is -2.47. The van der Waals surface area contributed by atoms with Gasteiger partial charge in [-0.15, -0.1) is 0 Å². The Morgan fingerprint density at radius 3 is 2.06 bits per heavy atom. The van der Waals surface area contributed by atoms with Crippen molar-refractivity contribution >= 4 is 29.2 Å². The van der Waals surface area contributed by atoms with Gasteiger partial charge in [0.2, 0.25) is 5.78 Å². The van der Waals surface area contributed by atoms with E-state index in [1.807, 2.05) is 0 Å². The van der Waals surface area contributed by atoms with Crippen LogP contribution in [-0.2, 0) is 14.3 Å². The summed E-state index contributed by atoms with van der Waals surface area (Å²) in [6, 6.07) is 1.26. The predicted molar refractivity (Wildman–Crippen MR) is 180 cm³/mol. The number of fused-ring (bicyclic) bond motifs is 15. The maximum atomic E-state index is 13.8. The fourth-order valence-corrected chi connectivity index (χ4v) is 6.43. The number of Topliss-reactive ketones (excluding diaryl/α,β-unsaturated/α-hetero) is 2. The number of hydrogen-bond acceptors (Lipinski definition) is 11. The summed E-state index contributed by atoms with van der Waals surface area (Å²) in [5.74, 6) is -8.37. The summed E-state index contributed by atoms with van der Waals surface area (Å²) in [6.07, 6.45) is 1.94. The number of ketones is 3. The van der Waals surface area contributed by atoms with Crippen LogP contribution in [0.1, 0.15) is 85.1 Å². The molecule has 1 aliphatic carbocycles. The molecule has 12 nitrogen and oxygen atoms in total. The van der Waals surface area contributed by atoms with Crippen LogP contribution in [0.25, 0.3) is 0 Å². The number of aliphatic hydroxyl groups excluding tert-OH is 4. The van der Waals surface area contributed by atoms with Gasteiger partial charge in [-0.25, -0.2) is 0 Å². The quantitative estimate of drug-likeness (QED) is 0.250. The van der Waals surface area contributed by atoms with Gasteiger partial charge in [-0.1, -0.05) is 52.0 Å². The van der Waals surface area contributed by atoms with Gasteiger partial charge in [-0.3, -0.25) is 24.0 Å². The fourth-order valence-electron chi connectivity index (χ4n) is 6.43. The maximum Gasteiger partial charge on any atom is 0.302 e. The van der Waals surface area contributed by atoms with Gasteiger partial charge in [0, 0.05) is 59.3 Å². The van der Waals surface area contributed by atoms with E-state index in [2.05, 4.69) is 5.32 Å². The first-order chi connectivity index (χ1) is 22.8. The molecule has 1 aromatic carbocycles. The standard InChI is InChI=1S/C37H47NO11/c1-16-10-9-11-17(2)37(48)38-26-14-27(41)28-25(35(26)47)13-19(4)32(44)29(28)31(43)18(3)12-24(15-39)34(46)20(5)33(45)22(7)36(49-23(8)40)21(6)30(16)42/h9-14,16,20-22,24,30,33-34,36,39,42,44-46H,15H2,1-8H3,(H,38,48)/t16-,20+,21+,22-,24+,30+,33-,34+,36+/m0/s1. The van der Waals surface area contributed by atoms with E-state index in [0.29, 0.717) is 0 Å². The zero-order valence-corrected chi connectivity index (χ0v) is 29.1. The molecule has 266 valence electrons. The Kier molecular flexibility index (Phi) is 12.8. The summed E-state index contributed by atoms with van der Waals surface area (Å²) in [7, 11) is 0. The van der Waals surface area contributed by atoms with E-state index in [1.165, 1.54) is 58.9 Å². The van der Waals surface area contributed by atoms with E-state index in [0.717, 1.165) is 6.08 Å². The fraction of sp³-hybridized carbons (Fsp3) is 0.486. The second-order valence-electron chi connectivity index (χ2n) is 13.3. The number of aromatic hydroxyl groups is 1. The molecule has 9 atom stereocenters. The van der Waals surface area contributed by atoms with Crippen molar-refractivity contribution in [2.45, 2.75) is 79.8 Å². The molecule has 49 heavy (non-hydrogen) atoms. The third kappa shape index (κ3) is 8.33. The first-order valence-corrected chi connectivity index (χ1v) is 16.2. The van der Waals surface area contributed by atoms with E-state index >= 15 is 0 Å². The molecule has 1 amide bonds. The third-order valence-electron chi connectivity index (χ3n) is 9.60. The second kappa shape index (κ2) is 16.0. The Labute approximate surface area is 285 Å². The lowest BCUT2D eigenvalue weighted by molar-refractivity contribution is -0.162. The van der Waals surface area contributed by atoms with Crippen molar-refractivity contribution in [2.24, 2.45) is 29.6 Å². The largest absolute Gasteiger partial charge is 0.507 e. The molecule has 0 saturated carbocycles. The number of carbonyl (C=O) groups is 5. The van der Waals surface area contributed by atoms with Gasteiger partial charge in [0.25, 0.3) is 5.91 Å². The summed E-state index contributed by atoms with van der Waals surface area (Å²) in [4.78, 5) is 65.9. The van der Waals surface area contributed by atoms with Crippen LogP contribution in [0, 0.1) is 36.5 Å². The van der Waals surface area contributed by atoms with Gasteiger partial charge >= 0.3 is 5.97 Å². The number of hydrogen-bond donors (Lipinski definition) is 6. The molecule has 4 rings (SSSR count). The lowest BCUT2D eigenvalue weighted by Gasteiger charge is -2.38. The molecule has 0 unspecified atom stereocenters. The van der Waals surface area contributed by atoms with Gasteiger partial charge < -0.3 is 35.6 Å². The van der Waals surface area contributed by atoms with Gasteiger partial charge in [-0.05, 0) is 38.0 Å². The van der Waals surface area contributed by atoms with Crippen LogP contribution < -0.4 is 5.32 Å². The van der Waals surface area contributed by atoms with Crippen LogP contribution >= 0.6 is 0 Å².